The minimum atomic E-state index is -0.875. The number of aromatic hydroxyl groups is 1. The zero-order valence-corrected chi connectivity index (χ0v) is 23.8. The number of nitrogens with one attached hydrogen (secondary N) is 1. The molecule has 3 amide bonds. The number of carbonyl (C=O) groups excluding carboxylic acids is 3. The lowest BCUT2D eigenvalue weighted by Crippen LogP contribution is -2.33. The average molecular weight is 608 g/mol. The van der Waals surface area contributed by atoms with Crippen molar-refractivity contribution in [2.75, 3.05) is 17.3 Å². The Morgan fingerprint density at radius 2 is 1.71 bits per heavy atom. The molecular weight excluding hydrogens is 586 g/mol. The summed E-state index contributed by atoms with van der Waals surface area (Å²) in [6, 6.07) is 19.8. The van der Waals surface area contributed by atoms with Crippen LogP contribution in [0.2, 0.25) is 5.02 Å². The molecule has 1 aromatic heterocycles. The highest BCUT2D eigenvalue weighted by atomic mass is 35.5. The number of carbonyl (C=O) groups is 3. The largest absolute Gasteiger partial charge is 0.508 e. The normalized spacial score (nSPS) is 19.6. The summed E-state index contributed by atoms with van der Waals surface area (Å²) in [5, 5.41) is 13.6. The fraction of sp³-hybridized carbons (Fsp3) is 0.172. The smallest absolute Gasteiger partial charge is 0.308 e. The molecule has 0 bridgehead atoms. The summed E-state index contributed by atoms with van der Waals surface area (Å²) in [5.41, 5.74) is 1.34. The number of rotatable bonds is 6. The Morgan fingerprint density at radius 1 is 1.00 bits per heavy atom. The number of nitrogens with zero attached hydrogens (tertiary/aromatic N) is 2. The summed E-state index contributed by atoms with van der Waals surface area (Å²) >= 11 is 8.04. The van der Waals surface area contributed by atoms with Crippen LogP contribution >= 0.6 is 34.7 Å². The van der Waals surface area contributed by atoms with E-state index in [0.29, 0.717) is 37.6 Å². The predicted octanol–water partition coefficient (Wildman–Crippen LogP) is 4.71. The Morgan fingerprint density at radius 3 is 2.39 bits per heavy atom. The Bertz CT molecular complexity index is 1730. The van der Waals surface area contributed by atoms with Gasteiger partial charge in [0.15, 0.2) is 0 Å². The first kappa shape index (κ1) is 27.1. The maximum absolute atomic E-state index is 13.9. The summed E-state index contributed by atoms with van der Waals surface area (Å²) in [6.07, 6.45) is 0. The highest BCUT2D eigenvalue weighted by Crippen LogP contribution is 2.55. The fourth-order valence-electron chi connectivity index (χ4n) is 5.20. The van der Waals surface area contributed by atoms with Crippen molar-refractivity contribution >= 4 is 63.8 Å². The molecule has 1 saturated heterocycles. The van der Waals surface area contributed by atoms with Crippen molar-refractivity contribution in [3.8, 4) is 11.5 Å². The first-order valence-electron chi connectivity index (χ1n) is 12.5. The lowest BCUT2D eigenvalue weighted by Gasteiger charge is -2.31. The van der Waals surface area contributed by atoms with Crippen molar-refractivity contribution in [1.82, 2.24) is 4.57 Å². The van der Waals surface area contributed by atoms with E-state index in [2.05, 4.69) is 5.32 Å². The van der Waals surface area contributed by atoms with Gasteiger partial charge in [0, 0.05) is 27.1 Å². The average Bonchev–Trinajstić information content (AvgIpc) is 3.40. The highest BCUT2D eigenvalue weighted by Gasteiger charge is 2.57. The van der Waals surface area contributed by atoms with Gasteiger partial charge in [-0.15, -0.1) is 0 Å². The van der Waals surface area contributed by atoms with Gasteiger partial charge in [0.05, 0.1) is 23.7 Å². The van der Waals surface area contributed by atoms with Crippen LogP contribution in [0.1, 0.15) is 16.4 Å². The second-order valence-corrected chi connectivity index (χ2v) is 12.0. The fourth-order valence-corrected chi connectivity index (χ4v) is 8.09. The number of phenols is 1. The van der Waals surface area contributed by atoms with Gasteiger partial charge in [0.25, 0.3) is 0 Å². The molecule has 2 unspecified atom stereocenters. The van der Waals surface area contributed by atoms with Crippen molar-refractivity contribution in [3.05, 3.63) is 97.9 Å². The van der Waals surface area contributed by atoms with E-state index in [1.165, 1.54) is 10.6 Å². The van der Waals surface area contributed by atoms with E-state index in [4.69, 9.17) is 16.3 Å². The standard InChI is InChI=1S/C29H22ClN3O6S2/c1-39-18-12-8-16(9-13-18)31-21(35)14-32-28-25(41-29(32)38)22(19-4-2-3-5-20(19)34)23-24(40-28)27(37)33(26(23)36)17-10-6-15(30)7-11-17/h2-13,22-24,34H,14H2,1H3,(H,31,35)/t22-,23?,24?/m0/s1. The van der Waals surface area contributed by atoms with Crippen LogP contribution in [0.4, 0.5) is 11.4 Å². The minimum absolute atomic E-state index is 0.0519. The van der Waals surface area contributed by atoms with E-state index < -0.39 is 39.7 Å². The Balaban J connectivity index is 1.39. The number of amides is 3. The molecule has 0 saturated carbocycles. The van der Waals surface area contributed by atoms with E-state index in [0.717, 1.165) is 28.0 Å². The number of fused-ring (bicyclic) bond motifs is 2. The van der Waals surface area contributed by atoms with Crippen LogP contribution in [-0.2, 0) is 20.9 Å². The van der Waals surface area contributed by atoms with Gasteiger partial charge in [0.2, 0.25) is 17.7 Å². The van der Waals surface area contributed by atoms with Crippen molar-refractivity contribution in [1.29, 1.82) is 0 Å². The Labute approximate surface area is 247 Å². The van der Waals surface area contributed by atoms with Crippen molar-refractivity contribution in [3.63, 3.8) is 0 Å². The summed E-state index contributed by atoms with van der Waals surface area (Å²) < 4.78 is 6.47. The van der Waals surface area contributed by atoms with Crippen LogP contribution < -0.4 is 19.8 Å². The van der Waals surface area contributed by atoms with Gasteiger partial charge >= 0.3 is 4.87 Å². The zero-order valence-electron chi connectivity index (χ0n) is 21.4. The number of methoxy groups -OCH3 is 1. The van der Waals surface area contributed by atoms with Gasteiger partial charge in [-0.05, 0) is 54.6 Å². The van der Waals surface area contributed by atoms with E-state index in [9.17, 15) is 24.3 Å². The Hall–Kier alpha value is -4.06. The zero-order chi connectivity index (χ0) is 28.8. The third kappa shape index (κ3) is 4.79. The van der Waals surface area contributed by atoms with Gasteiger partial charge in [-0.2, -0.15) is 0 Å². The second-order valence-electron chi connectivity index (χ2n) is 9.49. The lowest BCUT2D eigenvalue weighted by atomic mass is 9.82. The molecule has 4 aromatic rings. The molecule has 208 valence electrons. The summed E-state index contributed by atoms with van der Waals surface area (Å²) in [4.78, 5) is 55.2. The molecule has 0 radical (unpaired) electrons. The third-order valence-corrected chi connectivity index (χ3v) is 9.94. The molecular formula is C29H22ClN3O6S2. The Kier molecular flexibility index (Phi) is 7.10. The molecule has 2 aliphatic heterocycles. The van der Waals surface area contributed by atoms with Crippen molar-refractivity contribution < 1.29 is 24.2 Å². The minimum Gasteiger partial charge on any atom is -0.508 e. The van der Waals surface area contributed by atoms with Gasteiger partial charge in [-0.25, -0.2) is 4.90 Å². The SMILES string of the molecule is COc1ccc(NC(=O)Cn2c3c(sc2=O)[C@@H](c2ccccc2O)C2C(=O)N(c4ccc(Cl)cc4)C(=O)C2S3)cc1. The van der Waals surface area contributed by atoms with Gasteiger partial charge < -0.3 is 15.2 Å². The molecule has 9 nitrogen and oxygen atoms in total. The van der Waals surface area contributed by atoms with Gasteiger partial charge in [0.1, 0.15) is 23.3 Å². The number of thiazole rings is 1. The van der Waals surface area contributed by atoms with E-state index in [-0.39, 0.29) is 12.3 Å². The number of halogens is 1. The molecule has 3 aromatic carbocycles. The first-order chi connectivity index (χ1) is 19.8. The summed E-state index contributed by atoms with van der Waals surface area (Å²) in [6.45, 7) is -0.294. The molecule has 41 heavy (non-hydrogen) atoms. The van der Waals surface area contributed by atoms with E-state index >= 15 is 0 Å². The number of ether oxygens (including phenoxy) is 1. The predicted molar refractivity (Wildman–Crippen MR) is 157 cm³/mol. The molecule has 3 atom stereocenters. The van der Waals surface area contributed by atoms with Crippen molar-refractivity contribution in [2.45, 2.75) is 22.7 Å². The molecule has 12 heteroatoms. The maximum Gasteiger partial charge on any atom is 0.308 e. The number of imide groups is 1. The number of thioether (sulfide) groups is 1. The van der Waals surface area contributed by atoms with Gasteiger partial charge in [-0.3, -0.25) is 23.7 Å². The number of aromatic nitrogens is 1. The number of hydrogen-bond donors (Lipinski definition) is 2. The molecule has 0 aliphatic carbocycles. The van der Waals surface area contributed by atoms with Crippen LogP contribution in [0, 0.1) is 5.92 Å². The number of phenolic OH excluding ortho intramolecular Hbond substituents is 1. The van der Waals surface area contributed by atoms with E-state index in [1.807, 2.05) is 0 Å². The van der Waals surface area contributed by atoms with Crippen LogP contribution in [0.5, 0.6) is 11.5 Å². The number of para-hydroxylation sites is 1. The molecule has 3 heterocycles. The van der Waals surface area contributed by atoms with Gasteiger partial charge in [-0.1, -0.05) is 52.9 Å². The van der Waals surface area contributed by atoms with Crippen LogP contribution in [0.3, 0.4) is 0 Å². The first-order valence-corrected chi connectivity index (χ1v) is 14.6. The molecule has 2 N–H and O–H groups in total. The molecule has 1 fully saturated rings. The number of anilines is 2. The number of benzene rings is 3. The van der Waals surface area contributed by atoms with Crippen LogP contribution in [-0.4, -0.2) is 39.8 Å². The van der Waals surface area contributed by atoms with Crippen LogP contribution in [0.15, 0.2) is 82.6 Å². The third-order valence-electron chi connectivity index (χ3n) is 7.08. The topological polar surface area (TPSA) is 118 Å². The monoisotopic (exact) mass is 607 g/mol. The number of hydrogen-bond acceptors (Lipinski definition) is 8. The van der Waals surface area contributed by atoms with E-state index in [1.54, 1.807) is 73.8 Å². The van der Waals surface area contributed by atoms with Crippen molar-refractivity contribution in [2.24, 2.45) is 5.92 Å². The highest BCUT2D eigenvalue weighted by molar-refractivity contribution is 8.00. The van der Waals surface area contributed by atoms with Crippen LogP contribution in [0.25, 0.3) is 0 Å². The second kappa shape index (κ2) is 10.7. The lowest BCUT2D eigenvalue weighted by molar-refractivity contribution is -0.122. The quantitative estimate of drug-likeness (QED) is 0.305. The molecule has 2 aliphatic rings. The summed E-state index contributed by atoms with van der Waals surface area (Å²) in [5.74, 6) is -2.36. The molecule has 6 rings (SSSR count). The molecule has 0 spiro atoms. The summed E-state index contributed by atoms with van der Waals surface area (Å²) in [7, 11) is 1.54. The maximum atomic E-state index is 13.9.